The van der Waals surface area contributed by atoms with E-state index in [0.717, 1.165) is 18.4 Å². The Morgan fingerprint density at radius 3 is 2.60 bits per heavy atom. The van der Waals surface area contributed by atoms with Crippen molar-refractivity contribution in [3.8, 4) is 0 Å². The molecule has 2 fully saturated rings. The van der Waals surface area contributed by atoms with Crippen LogP contribution >= 0.6 is 0 Å². The van der Waals surface area contributed by atoms with Gasteiger partial charge in [0.15, 0.2) is 11.4 Å². The molecule has 1 aliphatic carbocycles. The van der Waals surface area contributed by atoms with Crippen molar-refractivity contribution < 1.29 is 14.3 Å². The predicted octanol–water partition coefficient (Wildman–Crippen LogP) is 2.73. The second-order valence-corrected chi connectivity index (χ2v) is 3.87. The third kappa shape index (κ3) is 1.40. The minimum Gasteiger partial charge on any atom is -0.419 e. The summed E-state index contributed by atoms with van der Waals surface area (Å²) >= 11 is 0. The lowest BCUT2D eigenvalue weighted by molar-refractivity contribution is 0.112. The van der Waals surface area contributed by atoms with E-state index in [1.54, 1.807) is 0 Å². The maximum Gasteiger partial charge on any atom is 0.514 e. The van der Waals surface area contributed by atoms with Gasteiger partial charge in [-0.3, -0.25) is 0 Å². The van der Waals surface area contributed by atoms with Gasteiger partial charge in [-0.05, 0) is 24.5 Å². The van der Waals surface area contributed by atoms with Crippen LogP contribution in [0.15, 0.2) is 36.1 Å². The molecule has 1 saturated carbocycles. The van der Waals surface area contributed by atoms with Crippen LogP contribution in [0.2, 0.25) is 0 Å². The molecule has 2 aliphatic rings. The molecule has 15 heavy (non-hydrogen) atoms. The highest BCUT2D eigenvalue weighted by Gasteiger charge is 2.57. The maximum absolute atomic E-state index is 11.0. The van der Waals surface area contributed by atoms with E-state index < -0.39 is 11.8 Å². The Bertz CT molecular complexity index is 429. The number of ether oxygens (including phenoxy) is 2. The van der Waals surface area contributed by atoms with Crippen molar-refractivity contribution in [2.75, 3.05) is 0 Å². The maximum atomic E-state index is 11.0. The molecule has 3 nitrogen and oxygen atoms in total. The van der Waals surface area contributed by atoms with Gasteiger partial charge >= 0.3 is 6.16 Å². The number of carbonyl (C=O) groups is 1. The van der Waals surface area contributed by atoms with Crippen molar-refractivity contribution in [1.82, 2.24) is 0 Å². The van der Waals surface area contributed by atoms with Crippen molar-refractivity contribution >= 4 is 12.2 Å². The zero-order chi connectivity index (χ0) is 10.3. The molecule has 1 saturated heterocycles. The van der Waals surface area contributed by atoms with E-state index in [0.29, 0.717) is 5.76 Å². The molecule has 0 amide bonds. The molecule has 3 rings (SSSR count). The second-order valence-electron chi connectivity index (χ2n) is 3.87. The highest BCUT2D eigenvalue weighted by molar-refractivity contribution is 5.71. The number of carbonyl (C=O) groups excluding carboxylic acids is 1. The summed E-state index contributed by atoms with van der Waals surface area (Å²) < 4.78 is 10.2. The van der Waals surface area contributed by atoms with Crippen molar-refractivity contribution in [1.29, 1.82) is 0 Å². The predicted molar refractivity (Wildman–Crippen MR) is 54.0 cm³/mol. The molecule has 0 N–H and O–H groups in total. The Hall–Kier alpha value is -1.77. The van der Waals surface area contributed by atoms with E-state index in [9.17, 15) is 4.79 Å². The van der Waals surface area contributed by atoms with Crippen LogP contribution in [0.3, 0.4) is 0 Å². The molecular formula is C12H10O3. The minimum atomic E-state index is -0.574. The van der Waals surface area contributed by atoms with E-state index >= 15 is 0 Å². The van der Waals surface area contributed by atoms with Crippen molar-refractivity contribution in [3.63, 3.8) is 0 Å². The fourth-order valence-corrected chi connectivity index (χ4v) is 1.74. The van der Waals surface area contributed by atoms with Crippen LogP contribution in [0.5, 0.6) is 0 Å². The zero-order valence-corrected chi connectivity index (χ0v) is 8.10. The highest BCUT2D eigenvalue weighted by atomic mass is 16.8. The summed E-state index contributed by atoms with van der Waals surface area (Å²) in [7, 11) is 0. The number of hydrogen-bond donors (Lipinski definition) is 0. The Morgan fingerprint density at radius 1 is 1.20 bits per heavy atom. The van der Waals surface area contributed by atoms with E-state index in [4.69, 9.17) is 9.47 Å². The van der Waals surface area contributed by atoms with Crippen molar-refractivity contribution in [3.05, 3.63) is 41.7 Å². The Balaban J connectivity index is 1.94. The van der Waals surface area contributed by atoms with Crippen molar-refractivity contribution in [2.45, 2.75) is 18.4 Å². The number of rotatable bonds is 1. The topological polar surface area (TPSA) is 35.5 Å². The van der Waals surface area contributed by atoms with Gasteiger partial charge < -0.3 is 9.47 Å². The zero-order valence-electron chi connectivity index (χ0n) is 8.10. The fourth-order valence-electron chi connectivity index (χ4n) is 1.74. The molecule has 0 aromatic heterocycles. The normalized spacial score (nSPS) is 24.0. The summed E-state index contributed by atoms with van der Waals surface area (Å²) in [6.45, 7) is 0. The van der Waals surface area contributed by atoms with Crippen LogP contribution in [0.4, 0.5) is 4.79 Å². The summed E-state index contributed by atoms with van der Waals surface area (Å²) in [6.07, 6.45) is 3.04. The lowest BCUT2D eigenvalue weighted by atomic mass is 10.1. The van der Waals surface area contributed by atoms with Gasteiger partial charge in [0.2, 0.25) is 0 Å². The average molecular weight is 202 g/mol. The largest absolute Gasteiger partial charge is 0.514 e. The van der Waals surface area contributed by atoms with Gasteiger partial charge in [-0.2, -0.15) is 0 Å². The lowest BCUT2D eigenvalue weighted by Gasteiger charge is -2.02. The SMILES string of the molecule is O=C1O/C(=C/c2ccccc2)C2(CC2)O1. The van der Waals surface area contributed by atoms with Crippen LogP contribution in [-0.2, 0) is 9.47 Å². The standard InChI is InChI=1S/C12H10O3/c13-11-14-10(12(15-11)6-7-12)8-9-4-2-1-3-5-9/h1-5,8H,6-7H2/b10-8+. The molecule has 0 atom stereocenters. The summed E-state index contributed by atoms with van der Waals surface area (Å²) in [5.74, 6) is 0.652. The van der Waals surface area contributed by atoms with E-state index in [1.165, 1.54) is 0 Å². The third-order valence-corrected chi connectivity index (χ3v) is 2.72. The van der Waals surface area contributed by atoms with Gasteiger partial charge in [0.05, 0.1) is 0 Å². The Labute approximate surface area is 87.3 Å². The van der Waals surface area contributed by atoms with E-state index in [-0.39, 0.29) is 0 Å². The monoisotopic (exact) mass is 202 g/mol. The summed E-state index contributed by atoms with van der Waals surface area (Å²) in [5.41, 5.74) is 0.601. The quantitative estimate of drug-likeness (QED) is 0.657. The van der Waals surface area contributed by atoms with Crippen LogP contribution in [0.25, 0.3) is 6.08 Å². The lowest BCUT2D eigenvalue weighted by Crippen LogP contribution is -2.07. The van der Waals surface area contributed by atoms with Crippen molar-refractivity contribution in [2.24, 2.45) is 0 Å². The van der Waals surface area contributed by atoms with Gasteiger partial charge in [0.1, 0.15) is 0 Å². The number of hydrogen-bond acceptors (Lipinski definition) is 3. The van der Waals surface area contributed by atoms with E-state index in [1.807, 2.05) is 36.4 Å². The highest BCUT2D eigenvalue weighted by Crippen LogP contribution is 2.51. The first kappa shape index (κ1) is 8.53. The number of benzene rings is 1. The summed E-state index contributed by atoms with van der Waals surface area (Å²) in [4.78, 5) is 11.0. The summed E-state index contributed by atoms with van der Waals surface area (Å²) in [6, 6.07) is 9.78. The molecule has 0 unspecified atom stereocenters. The van der Waals surface area contributed by atoms with Crippen LogP contribution in [-0.4, -0.2) is 11.8 Å². The van der Waals surface area contributed by atoms with Gasteiger partial charge in [-0.25, -0.2) is 4.79 Å². The summed E-state index contributed by atoms with van der Waals surface area (Å²) in [5, 5.41) is 0. The average Bonchev–Trinajstić information content (AvgIpc) is 2.92. The van der Waals surface area contributed by atoms with Crippen LogP contribution in [0, 0.1) is 0 Å². The molecule has 76 valence electrons. The Morgan fingerprint density at radius 2 is 1.93 bits per heavy atom. The second kappa shape index (κ2) is 2.86. The molecule has 1 aromatic rings. The molecule has 0 bridgehead atoms. The molecule has 1 spiro atoms. The minimum absolute atomic E-state index is 0.424. The molecule has 1 aromatic carbocycles. The molecular weight excluding hydrogens is 192 g/mol. The van der Waals surface area contributed by atoms with Gasteiger partial charge in [0.25, 0.3) is 0 Å². The molecule has 0 radical (unpaired) electrons. The first-order chi connectivity index (χ1) is 7.28. The molecule has 3 heteroatoms. The first-order valence-corrected chi connectivity index (χ1v) is 4.97. The molecule has 1 aliphatic heterocycles. The number of cyclic esters (lactones) is 1. The smallest absolute Gasteiger partial charge is 0.419 e. The van der Waals surface area contributed by atoms with Gasteiger partial charge in [0, 0.05) is 0 Å². The first-order valence-electron chi connectivity index (χ1n) is 4.97. The van der Waals surface area contributed by atoms with Gasteiger partial charge in [-0.15, -0.1) is 0 Å². The van der Waals surface area contributed by atoms with Crippen LogP contribution in [0.1, 0.15) is 18.4 Å². The van der Waals surface area contributed by atoms with Crippen LogP contribution < -0.4 is 0 Å². The third-order valence-electron chi connectivity index (χ3n) is 2.72. The van der Waals surface area contributed by atoms with E-state index in [2.05, 4.69) is 0 Å². The Kier molecular flexibility index (Phi) is 1.63. The fraction of sp³-hybridized carbons (Fsp3) is 0.250. The van der Waals surface area contributed by atoms with Gasteiger partial charge in [-0.1, -0.05) is 30.3 Å². The molecule has 1 heterocycles.